The van der Waals surface area contributed by atoms with Gasteiger partial charge in [-0.15, -0.1) is 0 Å². The standard InChI is InChI=1S/C21H35NO3/c1-7-10-11-21(6,25-13-9-3)20(23)22-18-14-16(4)19(17(5)15-18)24-12-8-2/h14-15H,7-13H2,1-6H3,(H,22,23)/t21-/m1/s1. The van der Waals surface area contributed by atoms with Gasteiger partial charge in [-0.3, -0.25) is 4.79 Å². The van der Waals surface area contributed by atoms with Crippen LogP contribution in [0.5, 0.6) is 5.75 Å². The highest BCUT2D eigenvalue weighted by atomic mass is 16.5. The summed E-state index contributed by atoms with van der Waals surface area (Å²) in [6, 6.07) is 3.94. The van der Waals surface area contributed by atoms with Crippen LogP contribution in [0.2, 0.25) is 0 Å². The fourth-order valence-electron chi connectivity index (χ4n) is 2.81. The van der Waals surface area contributed by atoms with Crippen LogP contribution in [-0.2, 0) is 9.53 Å². The number of carbonyl (C=O) groups excluding carboxylic acids is 1. The molecule has 0 radical (unpaired) electrons. The average molecular weight is 350 g/mol. The Morgan fingerprint density at radius 1 is 1.04 bits per heavy atom. The summed E-state index contributed by atoms with van der Waals surface area (Å²) in [5, 5.41) is 3.05. The first-order chi connectivity index (χ1) is 11.9. The van der Waals surface area contributed by atoms with Crippen LogP contribution < -0.4 is 10.1 Å². The lowest BCUT2D eigenvalue weighted by atomic mass is 9.97. The largest absolute Gasteiger partial charge is 0.493 e. The quantitative estimate of drug-likeness (QED) is 0.581. The second-order valence-corrected chi connectivity index (χ2v) is 6.92. The number of unbranched alkanes of at least 4 members (excludes halogenated alkanes) is 1. The first kappa shape index (κ1) is 21.5. The Hall–Kier alpha value is -1.55. The van der Waals surface area contributed by atoms with E-state index in [4.69, 9.17) is 9.47 Å². The molecule has 0 spiro atoms. The third-order valence-electron chi connectivity index (χ3n) is 4.28. The third kappa shape index (κ3) is 6.35. The first-order valence-corrected chi connectivity index (χ1v) is 9.57. The van der Waals surface area contributed by atoms with E-state index < -0.39 is 5.60 Å². The third-order valence-corrected chi connectivity index (χ3v) is 4.28. The van der Waals surface area contributed by atoms with Gasteiger partial charge in [0.05, 0.1) is 6.61 Å². The van der Waals surface area contributed by atoms with Gasteiger partial charge in [0.1, 0.15) is 11.4 Å². The molecule has 142 valence electrons. The molecule has 0 bridgehead atoms. The van der Waals surface area contributed by atoms with Gasteiger partial charge in [-0.25, -0.2) is 0 Å². The molecular formula is C21H35NO3. The van der Waals surface area contributed by atoms with E-state index in [1.165, 1.54) is 0 Å². The van der Waals surface area contributed by atoms with E-state index in [1.807, 2.05) is 32.9 Å². The van der Waals surface area contributed by atoms with E-state index in [1.54, 1.807) is 0 Å². The fourth-order valence-corrected chi connectivity index (χ4v) is 2.81. The van der Waals surface area contributed by atoms with Gasteiger partial charge in [-0.2, -0.15) is 0 Å². The molecular weight excluding hydrogens is 314 g/mol. The van der Waals surface area contributed by atoms with E-state index in [9.17, 15) is 4.79 Å². The molecule has 1 N–H and O–H groups in total. The molecule has 25 heavy (non-hydrogen) atoms. The predicted molar refractivity (Wildman–Crippen MR) is 105 cm³/mol. The maximum atomic E-state index is 12.9. The topological polar surface area (TPSA) is 47.6 Å². The number of aryl methyl sites for hydroxylation is 2. The van der Waals surface area contributed by atoms with Gasteiger partial charge in [0.15, 0.2) is 0 Å². The number of carbonyl (C=O) groups is 1. The van der Waals surface area contributed by atoms with Crippen molar-refractivity contribution in [2.24, 2.45) is 0 Å². The van der Waals surface area contributed by atoms with Crippen LogP contribution in [-0.4, -0.2) is 24.7 Å². The molecule has 0 aromatic heterocycles. The maximum absolute atomic E-state index is 12.9. The SMILES string of the molecule is CCCC[C@@](C)(OCCC)C(=O)Nc1cc(C)c(OCCC)c(C)c1. The van der Waals surface area contributed by atoms with Crippen molar-refractivity contribution in [1.82, 2.24) is 0 Å². The van der Waals surface area contributed by atoms with Gasteiger partial charge in [-0.05, 0) is 63.3 Å². The summed E-state index contributed by atoms with van der Waals surface area (Å²) in [6.07, 6.45) is 4.61. The Labute approximate surface area is 153 Å². The Bertz CT molecular complexity index is 523. The smallest absolute Gasteiger partial charge is 0.256 e. The molecule has 0 unspecified atom stereocenters. The highest BCUT2D eigenvalue weighted by molar-refractivity contribution is 5.97. The lowest BCUT2D eigenvalue weighted by Crippen LogP contribution is -2.43. The summed E-state index contributed by atoms with van der Waals surface area (Å²) in [5.74, 6) is 0.839. The van der Waals surface area contributed by atoms with Crippen molar-refractivity contribution in [2.45, 2.75) is 79.2 Å². The molecule has 4 heteroatoms. The highest BCUT2D eigenvalue weighted by Crippen LogP contribution is 2.29. The van der Waals surface area contributed by atoms with Crippen molar-refractivity contribution in [3.63, 3.8) is 0 Å². The Kier molecular flexibility index (Phi) is 8.98. The lowest BCUT2D eigenvalue weighted by Gasteiger charge is -2.29. The van der Waals surface area contributed by atoms with Gasteiger partial charge in [0.2, 0.25) is 0 Å². The van der Waals surface area contributed by atoms with Crippen molar-refractivity contribution >= 4 is 11.6 Å². The number of hydrogen-bond donors (Lipinski definition) is 1. The normalized spacial score (nSPS) is 13.4. The monoisotopic (exact) mass is 349 g/mol. The number of nitrogens with one attached hydrogen (secondary N) is 1. The summed E-state index contributed by atoms with van der Waals surface area (Å²) in [5.41, 5.74) is 2.08. The maximum Gasteiger partial charge on any atom is 0.256 e. The van der Waals surface area contributed by atoms with E-state index in [0.717, 1.165) is 54.7 Å². The number of rotatable bonds is 11. The fraction of sp³-hybridized carbons (Fsp3) is 0.667. The molecule has 4 nitrogen and oxygen atoms in total. The van der Waals surface area contributed by atoms with Crippen LogP contribution in [0, 0.1) is 13.8 Å². The Morgan fingerprint density at radius 3 is 2.16 bits per heavy atom. The Morgan fingerprint density at radius 2 is 1.64 bits per heavy atom. The minimum Gasteiger partial charge on any atom is -0.493 e. The van der Waals surface area contributed by atoms with Crippen LogP contribution in [0.1, 0.15) is 70.9 Å². The lowest BCUT2D eigenvalue weighted by molar-refractivity contribution is -0.140. The Balaban J connectivity index is 2.92. The molecule has 0 aliphatic rings. The highest BCUT2D eigenvalue weighted by Gasteiger charge is 2.33. The molecule has 0 saturated heterocycles. The summed E-state index contributed by atoms with van der Waals surface area (Å²) in [4.78, 5) is 12.9. The molecule has 1 atom stereocenters. The average Bonchev–Trinajstić information content (AvgIpc) is 2.57. The van der Waals surface area contributed by atoms with Crippen LogP contribution in [0.25, 0.3) is 0 Å². The number of amides is 1. The minimum atomic E-state index is -0.786. The van der Waals surface area contributed by atoms with E-state index in [0.29, 0.717) is 13.2 Å². The van der Waals surface area contributed by atoms with Gasteiger partial charge in [-0.1, -0.05) is 33.6 Å². The zero-order valence-electron chi connectivity index (χ0n) is 16.8. The van der Waals surface area contributed by atoms with Crippen molar-refractivity contribution in [3.05, 3.63) is 23.3 Å². The van der Waals surface area contributed by atoms with Crippen molar-refractivity contribution < 1.29 is 14.3 Å². The molecule has 0 aliphatic heterocycles. The first-order valence-electron chi connectivity index (χ1n) is 9.57. The molecule has 1 rings (SSSR count). The summed E-state index contributed by atoms with van der Waals surface area (Å²) in [7, 11) is 0. The molecule has 1 amide bonds. The van der Waals surface area contributed by atoms with Crippen LogP contribution in [0.3, 0.4) is 0 Å². The summed E-state index contributed by atoms with van der Waals surface area (Å²) in [6.45, 7) is 13.5. The van der Waals surface area contributed by atoms with Gasteiger partial charge in [0.25, 0.3) is 5.91 Å². The summed E-state index contributed by atoms with van der Waals surface area (Å²) < 4.78 is 11.7. The number of benzene rings is 1. The van der Waals surface area contributed by atoms with Crippen LogP contribution in [0.15, 0.2) is 12.1 Å². The second-order valence-electron chi connectivity index (χ2n) is 6.92. The van der Waals surface area contributed by atoms with Gasteiger partial charge in [0, 0.05) is 12.3 Å². The molecule has 0 heterocycles. The predicted octanol–water partition coefficient (Wildman–Crippen LogP) is 5.41. The van der Waals surface area contributed by atoms with Gasteiger partial charge < -0.3 is 14.8 Å². The van der Waals surface area contributed by atoms with E-state index in [-0.39, 0.29) is 5.91 Å². The van der Waals surface area contributed by atoms with Crippen molar-refractivity contribution in [2.75, 3.05) is 18.5 Å². The van der Waals surface area contributed by atoms with E-state index in [2.05, 4.69) is 26.1 Å². The van der Waals surface area contributed by atoms with Gasteiger partial charge >= 0.3 is 0 Å². The number of anilines is 1. The molecule has 1 aromatic rings. The molecule has 1 aromatic carbocycles. The number of ether oxygens (including phenoxy) is 2. The second kappa shape index (κ2) is 10.4. The van der Waals surface area contributed by atoms with Crippen LogP contribution in [0.4, 0.5) is 5.69 Å². The van der Waals surface area contributed by atoms with Crippen molar-refractivity contribution in [3.8, 4) is 5.75 Å². The van der Waals surface area contributed by atoms with Crippen LogP contribution >= 0.6 is 0 Å². The zero-order valence-corrected chi connectivity index (χ0v) is 16.8. The molecule has 0 aliphatic carbocycles. The minimum absolute atomic E-state index is 0.0737. The van der Waals surface area contributed by atoms with Crippen molar-refractivity contribution in [1.29, 1.82) is 0 Å². The summed E-state index contributed by atoms with van der Waals surface area (Å²) >= 11 is 0. The van der Waals surface area contributed by atoms with E-state index >= 15 is 0 Å². The number of hydrogen-bond acceptors (Lipinski definition) is 3. The molecule has 0 fully saturated rings. The molecule has 0 saturated carbocycles. The zero-order chi connectivity index (χ0) is 18.9.